The molecule has 1 fully saturated rings. The quantitative estimate of drug-likeness (QED) is 0.902. The van der Waals surface area contributed by atoms with Gasteiger partial charge in [0.1, 0.15) is 0 Å². The van der Waals surface area contributed by atoms with Crippen LogP contribution in [0.15, 0.2) is 18.2 Å². The lowest BCUT2D eigenvalue weighted by Gasteiger charge is -2.37. The molecular formula is C16H24N2O2. The van der Waals surface area contributed by atoms with E-state index in [9.17, 15) is 4.79 Å². The number of nitrogens with zero attached hydrogens (tertiary/aromatic N) is 1. The molecule has 0 radical (unpaired) electrons. The maximum absolute atomic E-state index is 11.6. The zero-order valence-electron chi connectivity index (χ0n) is 12.6. The SMILES string of the molecule is COC(=O)N1CCC(c2ccc(C)c(C)c2)C(CN)C1. The lowest BCUT2D eigenvalue weighted by Crippen LogP contribution is -2.45. The highest BCUT2D eigenvalue weighted by Crippen LogP contribution is 2.33. The van der Waals surface area contributed by atoms with Crippen LogP contribution in [-0.4, -0.2) is 37.7 Å². The van der Waals surface area contributed by atoms with E-state index in [0.29, 0.717) is 24.9 Å². The molecule has 2 rings (SSSR count). The normalized spacial score (nSPS) is 22.7. The van der Waals surface area contributed by atoms with Gasteiger partial charge in [-0.2, -0.15) is 0 Å². The van der Waals surface area contributed by atoms with Gasteiger partial charge in [-0.05, 0) is 55.3 Å². The van der Waals surface area contributed by atoms with Crippen LogP contribution in [0.5, 0.6) is 0 Å². The van der Waals surface area contributed by atoms with Gasteiger partial charge in [0.25, 0.3) is 0 Å². The molecule has 1 aromatic carbocycles. The number of hydrogen-bond donors (Lipinski definition) is 1. The van der Waals surface area contributed by atoms with Crippen molar-refractivity contribution in [1.82, 2.24) is 4.90 Å². The van der Waals surface area contributed by atoms with Crippen LogP contribution in [0, 0.1) is 19.8 Å². The first-order chi connectivity index (χ1) is 9.56. The fourth-order valence-electron chi connectivity index (χ4n) is 3.00. The minimum atomic E-state index is -0.248. The molecule has 1 heterocycles. The van der Waals surface area contributed by atoms with Gasteiger partial charge in [0.05, 0.1) is 7.11 Å². The monoisotopic (exact) mass is 276 g/mol. The molecule has 1 aliphatic heterocycles. The van der Waals surface area contributed by atoms with Gasteiger partial charge in [-0.25, -0.2) is 4.79 Å². The molecule has 20 heavy (non-hydrogen) atoms. The number of benzene rings is 1. The predicted octanol–water partition coefficient (Wildman–Crippen LogP) is 2.43. The number of carbonyl (C=O) groups excluding carboxylic acids is 1. The number of rotatable bonds is 2. The molecule has 2 unspecified atom stereocenters. The summed E-state index contributed by atoms with van der Waals surface area (Å²) in [6, 6.07) is 6.63. The average molecular weight is 276 g/mol. The van der Waals surface area contributed by atoms with E-state index >= 15 is 0 Å². The van der Waals surface area contributed by atoms with E-state index < -0.39 is 0 Å². The third-order valence-corrected chi connectivity index (χ3v) is 4.43. The summed E-state index contributed by atoms with van der Waals surface area (Å²) in [5, 5.41) is 0. The Balaban J connectivity index is 2.16. The van der Waals surface area contributed by atoms with E-state index in [1.54, 1.807) is 4.90 Å². The molecular weight excluding hydrogens is 252 g/mol. The Hall–Kier alpha value is -1.55. The summed E-state index contributed by atoms with van der Waals surface area (Å²) < 4.78 is 4.80. The molecule has 0 aliphatic carbocycles. The van der Waals surface area contributed by atoms with Crippen LogP contribution in [0.25, 0.3) is 0 Å². The first-order valence-corrected chi connectivity index (χ1v) is 7.17. The lowest BCUT2D eigenvalue weighted by atomic mass is 9.80. The van der Waals surface area contributed by atoms with Crippen molar-refractivity contribution in [3.05, 3.63) is 34.9 Å². The molecule has 4 heteroatoms. The highest BCUT2D eigenvalue weighted by atomic mass is 16.5. The Labute approximate surface area is 120 Å². The van der Waals surface area contributed by atoms with E-state index in [1.807, 2.05) is 0 Å². The van der Waals surface area contributed by atoms with Crippen LogP contribution in [-0.2, 0) is 4.74 Å². The lowest BCUT2D eigenvalue weighted by molar-refractivity contribution is 0.0970. The molecule has 1 saturated heterocycles. The van der Waals surface area contributed by atoms with Gasteiger partial charge < -0.3 is 15.4 Å². The van der Waals surface area contributed by atoms with Gasteiger partial charge >= 0.3 is 6.09 Å². The van der Waals surface area contributed by atoms with Gasteiger partial charge in [0.15, 0.2) is 0 Å². The summed E-state index contributed by atoms with van der Waals surface area (Å²) in [6.45, 7) is 6.27. The predicted molar refractivity (Wildman–Crippen MR) is 79.8 cm³/mol. The fraction of sp³-hybridized carbons (Fsp3) is 0.562. The Morgan fingerprint density at radius 3 is 2.75 bits per heavy atom. The number of hydrogen-bond acceptors (Lipinski definition) is 3. The molecule has 2 atom stereocenters. The second kappa shape index (κ2) is 6.27. The molecule has 0 aromatic heterocycles. The van der Waals surface area contributed by atoms with Crippen molar-refractivity contribution in [2.24, 2.45) is 11.7 Å². The second-order valence-electron chi connectivity index (χ2n) is 5.65. The smallest absolute Gasteiger partial charge is 0.409 e. The maximum Gasteiger partial charge on any atom is 0.409 e. The van der Waals surface area contributed by atoms with E-state index in [0.717, 1.165) is 13.0 Å². The molecule has 0 saturated carbocycles. The summed E-state index contributed by atoms with van der Waals surface area (Å²) in [7, 11) is 1.43. The number of piperidine rings is 1. The Morgan fingerprint density at radius 2 is 2.15 bits per heavy atom. The van der Waals surface area contributed by atoms with Crippen LogP contribution in [0.3, 0.4) is 0 Å². The van der Waals surface area contributed by atoms with E-state index in [-0.39, 0.29) is 6.09 Å². The molecule has 1 aromatic rings. The topological polar surface area (TPSA) is 55.6 Å². The average Bonchev–Trinajstić information content (AvgIpc) is 2.48. The minimum Gasteiger partial charge on any atom is -0.453 e. The number of ether oxygens (including phenoxy) is 1. The van der Waals surface area contributed by atoms with Crippen LogP contribution in [0.1, 0.15) is 29.0 Å². The number of carbonyl (C=O) groups is 1. The summed E-state index contributed by atoms with van der Waals surface area (Å²) in [6.07, 6.45) is 0.696. The Morgan fingerprint density at radius 1 is 1.40 bits per heavy atom. The van der Waals surface area contributed by atoms with Crippen molar-refractivity contribution < 1.29 is 9.53 Å². The van der Waals surface area contributed by atoms with E-state index in [2.05, 4.69) is 32.0 Å². The van der Waals surface area contributed by atoms with E-state index in [1.165, 1.54) is 23.8 Å². The number of likely N-dealkylation sites (tertiary alicyclic amines) is 1. The Bertz CT molecular complexity index is 487. The zero-order chi connectivity index (χ0) is 14.7. The van der Waals surface area contributed by atoms with Crippen LogP contribution < -0.4 is 5.73 Å². The van der Waals surface area contributed by atoms with Crippen molar-refractivity contribution >= 4 is 6.09 Å². The van der Waals surface area contributed by atoms with Crippen molar-refractivity contribution in [2.75, 3.05) is 26.7 Å². The van der Waals surface area contributed by atoms with Crippen molar-refractivity contribution in [3.63, 3.8) is 0 Å². The van der Waals surface area contributed by atoms with Gasteiger partial charge in [-0.3, -0.25) is 0 Å². The van der Waals surface area contributed by atoms with Crippen molar-refractivity contribution in [2.45, 2.75) is 26.2 Å². The molecule has 1 aliphatic rings. The second-order valence-corrected chi connectivity index (χ2v) is 5.65. The van der Waals surface area contributed by atoms with Crippen LogP contribution >= 0.6 is 0 Å². The maximum atomic E-state index is 11.6. The van der Waals surface area contributed by atoms with Crippen LogP contribution in [0.2, 0.25) is 0 Å². The molecule has 4 nitrogen and oxygen atoms in total. The first-order valence-electron chi connectivity index (χ1n) is 7.17. The first kappa shape index (κ1) is 14.9. The number of aryl methyl sites for hydroxylation is 2. The summed E-state index contributed by atoms with van der Waals surface area (Å²) >= 11 is 0. The van der Waals surface area contributed by atoms with E-state index in [4.69, 9.17) is 10.5 Å². The largest absolute Gasteiger partial charge is 0.453 e. The standard InChI is InChI=1S/C16H24N2O2/c1-11-4-5-13(8-12(11)2)15-6-7-18(16(19)20-3)10-14(15)9-17/h4-5,8,14-15H,6-7,9-10,17H2,1-3H3. The van der Waals surface area contributed by atoms with Crippen molar-refractivity contribution in [3.8, 4) is 0 Å². The van der Waals surface area contributed by atoms with Gasteiger partial charge in [0, 0.05) is 13.1 Å². The van der Waals surface area contributed by atoms with Crippen LogP contribution in [0.4, 0.5) is 4.79 Å². The molecule has 0 bridgehead atoms. The number of nitrogens with two attached hydrogens (primary N) is 1. The highest BCUT2D eigenvalue weighted by molar-refractivity contribution is 5.67. The molecule has 2 N–H and O–H groups in total. The summed E-state index contributed by atoms with van der Waals surface area (Å²) in [4.78, 5) is 13.4. The summed E-state index contributed by atoms with van der Waals surface area (Å²) in [5.41, 5.74) is 9.89. The molecule has 0 spiro atoms. The number of amides is 1. The third kappa shape index (κ3) is 2.96. The highest BCUT2D eigenvalue weighted by Gasteiger charge is 2.32. The van der Waals surface area contributed by atoms with Gasteiger partial charge in [-0.1, -0.05) is 18.2 Å². The van der Waals surface area contributed by atoms with Gasteiger partial charge in [0.2, 0.25) is 0 Å². The minimum absolute atomic E-state index is 0.248. The summed E-state index contributed by atoms with van der Waals surface area (Å²) in [5.74, 6) is 0.727. The number of methoxy groups -OCH3 is 1. The molecule has 1 amide bonds. The third-order valence-electron chi connectivity index (χ3n) is 4.43. The fourth-order valence-corrected chi connectivity index (χ4v) is 3.00. The van der Waals surface area contributed by atoms with Gasteiger partial charge in [-0.15, -0.1) is 0 Å². The van der Waals surface area contributed by atoms with Crippen molar-refractivity contribution in [1.29, 1.82) is 0 Å². The molecule has 110 valence electrons. The zero-order valence-corrected chi connectivity index (χ0v) is 12.6. The Kier molecular flexibility index (Phi) is 4.65.